The van der Waals surface area contributed by atoms with Crippen LogP contribution in [-0.4, -0.2) is 15.5 Å². The van der Waals surface area contributed by atoms with E-state index in [0.717, 1.165) is 6.42 Å². The van der Waals surface area contributed by atoms with E-state index in [-0.39, 0.29) is 17.2 Å². The van der Waals surface area contributed by atoms with Crippen LogP contribution in [0.25, 0.3) is 0 Å². The first kappa shape index (κ1) is 13.8. The van der Waals surface area contributed by atoms with E-state index in [1.165, 1.54) is 12.3 Å². The lowest BCUT2D eigenvalue weighted by atomic mass is 10.3. The van der Waals surface area contributed by atoms with E-state index in [4.69, 9.17) is 5.73 Å². The first-order chi connectivity index (χ1) is 9.60. The lowest BCUT2D eigenvalue weighted by molar-refractivity contribution is 0.102. The van der Waals surface area contributed by atoms with Crippen LogP contribution in [0.4, 0.5) is 11.4 Å². The molecule has 0 fully saturated rings. The number of carbonyl (C=O) groups is 1. The highest BCUT2D eigenvalue weighted by Gasteiger charge is 2.08. The average molecular weight is 272 g/mol. The quantitative estimate of drug-likeness (QED) is 0.882. The fourth-order valence-corrected chi connectivity index (χ4v) is 1.76. The molecule has 0 atom stereocenters. The monoisotopic (exact) mass is 272 g/mol. The Bertz CT molecular complexity index is 662. The zero-order valence-corrected chi connectivity index (χ0v) is 11.2. The number of hydrogen-bond donors (Lipinski definition) is 2. The zero-order valence-electron chi connectivity index (χ0n) is 11.2. The standard InChI is InChI=1S/C14H16N4O2/c1-2-7-18-9-11(4-6-13(18)19)17-14(20)12-5-3-10(15)8-16-12/h3-6,8-9H,2,7,15H2,1H3,(H,17,20). The number of amides is 1. The fraction of sp³-hybridized carbons (Fsp3) is 0.214. The lowest BCUT2D eigenvalue weighted by Gasteiger charge is -2.08. The number of nitrogens with zero attached hydrogens (tertiary/aromatic N) is 2. The molecule has 0 unspecified atom stereocenters. The number of anilines is 2. The Labute approximate surface area is 116 Å². The van der Waals surface area contributed by atoms with Crippen molar-refractivity contribution >= 4 is 17.3 Å². The Kier molecular flexibility index (Phi) is 4.14. The van der Waals surface area contributed by atoms with Gasteiger partial charge in [0, 0.05) is 18.8 Å². The van der Waals surface area contributed by atoms with Crippen molar-refractivity contribution in [3.63, 3.8) is 0 Å². The summed E-state index contributed by atoms with van der Waals surface area (Å²) in [5.41, 5.74) is 6.76. The highest BCUT2D eigenvalue weighted by atomic mass is 16.2. The smallest absolute Gasteiger partial charge is 0.274 e. The van der Waals surface area contributed by atoms with Crippen molar-refractivity contribution in [3.8, 4) is 0 Å². The second-order valence-electron chi connectivity index (χ2n) is 4.38. The van der Waals surface area contributed by atoms with E-state index in [1.54, 1.807) is 29.0 Å². The molecule has 0 radical (unpaired) electrons. The summed E-state index contributed by atoms with van der Waals surface area (Å²) in [6.45, 7) is 2.60. The molecule has 0 aliphatic heterocycles. The minimum atomic E-state index is -0.341. The van der Waals surface area contributed by atoms with Crippen LogP contribution in [0, 0.1) is 0 Å². The molecule has 3 N–H and O–H groups in total. The number of hydrogen-bond acceptors (Lipinski definition) is 4. The van der Waals surface area contributed by atoms with Crippen molar-refractivity contribution in [2.75, 3.05) is 11.1 Å². The molecule has 104 valence electrons. The molecular formula is C14H16N4O2. The van der Waals surface area contributed by atoms with Gasteiger partial charge in [0.1, 0.15) is 5.69 Å². The van der Waals surface area contributed by atoms with Crippen LogP contribution >= 0.6 is 0 Å². The minimum Gasteiger partial charge on any atom is -0.397 e. The number of carbonyl (C=O) groups excluding carboxylic acids is 1. The van der Waals surface area contributed by atoms with Gasteiger partial charge in [0.05, 0.1) is 17.6 Å². The van der Waals surface area contributed by atoms with Gasteiger partial charge in [-0.15, -0.1) is 0 Å². The van der Waals surface area contributed by atoms with Crippen LogP contribution in [0.1, 0.15) is 23.8 Å². The van der Waals surface area contributed by atoms with Gasteiger partial charge in [-0.05, 0) is 24.6 Å². The molecular weight excluding hydrogens is 256 g/mol. The number of aromatic nitrogens is 2. The van der Waals surface area contributed by atoms with Crippen molar-refractivity contribution in [3.05, 3.63) is 52.7 Å². The zero-order chi connectivity index (χ0) is 14.5. The van der Waals surface area contributed by atoms with E-state index in [0.29, 0.717) is 17.9 Å². The predicted molar refractivity (Wildman–Crippen MR) is 77.6 cm³/mol. The predicted octanol–water partition coefficient (Wildman–Crippen LogP) is 1.49. The maximum absolute atomic E-state index is 12.0. The van der Waals surface area contributed by atoms with Crippen molar-refractivity contribution in [2.45, 2.75) is 19.9 Å². The molecule has 2 heterocycles. The fourth-order valence-electron chi connectivity index (χ4n) is 1.76. The summed E-state index contributed by atoms with van der Waals surface area (Å²) in [6, 6.07) is 6.16. The number of nitrogens with two attached hydrogens (primary N) is 1. The van der Waals surface area contributed by atoms with E-state index >= 15 is 0 Å². The minimum absolute atomic E-state index is 0.0875. The van der Waals surface area contributed by atoms with Crippen LogP contribution < -0.4 is 16.6 Å². The third-order valence-electron chi connectivity index (χ3n) is 2.72. The van der Waals surface area contributed by atoms with Crippen molar-refractivity contribution in [1.29, 1.82) is 0 Å². The van der Waals surface area contributed by atoms with Gasteiger partial charge in [0.25, 0.3) is 11.5 Å². The molecule has 0 aromatic carbocycles. The number of pyridine rings is 2. The third-order valence-corrected chi connectivity index (χ3v) is 2.72. The Hall–Kier alpha value is -2.63. The van der Waals surface area contributed by atoms with Gasteiger partial charge in [0.15, 0.2) is 0 Å². The van der Waals surface area contributed by atoms with Crippen molar-refractivity contribution < 1.29 is 4.79 Å². The molecule has 0 aliphatic rings. The van der Waals surface area contributed by atoms with Crippen molar-refractivity contribution in [2.24, 2.45) is 0 Å². The highest BCUT2D eigenvalue weighted by molar-refractivity contribution is 6.02. The van der Waals surface area contributed by atoms with E-state index in [2.05, 4.69) is 10.3 Å². The molecule has 20 heavy (non-hydrogen) atoms. The molecule has 0 aliphatic carbocycles. The average Bonchev–Trinajstić information content (AvgIpc) is 2.43. The van der Waals surface area contributed by atoms with Crippen molar-refractivity contribution in [1.82, 2.24) is 9.55 Å². The Morgan fingerprint density at radius 2 is 2.15 bits per heavy atom. The van der Waals surface area contributed by atoms with Crippen LogP contribution in [0.15, 0.2) is 41.5 Å². The van der Waals surface area contributed by atoms with E-state index < -0.39 is 0 Å². The van der Waals surface area contributed by atoms with Crippen LogP contribution in [0.3, 0.4) is 0 Å². The molecule has 2 aromatic heterocycles. The summed E-state index contributed by atoms with van der Waals surface area (Å²) in [5, 5.41) is 2.70. The first-order valence-electron chi connectivity index (χ1n) is 6.33. The molecule has 6 nitrogen and oxygen atoms in total. The Morgan fingerprint density at radius 3 is 2.80 bits per heavy atom. The van der Waals surface area contributed by atoms with Gasteiger partial charge in [-0.1, -0.05) is 6.92 Å². The summed E-state index contributed by atoms with van der Waals surface area (Å²) in [6.07, 6.45) is 3.89. The molecule has 0 saturated heterocycles. The summed E-state index contributed by atoms with van der Waals surface area (Å²) in [4.78, 5) is 27.5. The number of nitrogen functional groups attached to an aromatic ring is 1. The number of aryl methyl sites for hydroxylation is 1. The summed E-state index contributed by atoms with van der Waals surface area (Å²) in [5.74, 6) is -0.341. The van der Waals surface area contributed by atoms with Crippen LogP contribution in [-0.2, 0) is 6.54 Å². The van der Waals surface area contributed by atoms with Crippen LogP contribution in [0.2, 0.25) is 0 Å². The van der Waals surface area contributed by atoms with Gasteiger partial charge >= 0.3 is 0 Å². The molecule has 0 spiro atoms. The molecule has 2 rings (SSSR count). The second kappa shape index (κ2) is 6.01. The van der Waals surface area contributed by atoms with Gasteiger partial charge in [0.2, 0.25) is 0 Å². The highest BCUT2D eigenvalue weighted by Crippen LogP contribution is 2.07. The summed E-state index contributed by atoms with van der Waals surface area (Å²) < 4.78 is 1.56. The summed E-state index contributed by atoms with van der Waals surface area (Å²) >= 11 is 0. The van der Waals surface area contributed by atoms with E-state index in [1.807, 2.05) is 6.92 Å². The van der Waals surface area contributed by atoms with Gasteiger partial charge < -0.3 is 15.6 Å². The maximum Gasteiger partial charge on any atom is 0.274 e. The number of rotatable bonds is 4. The summed E-state index contributed by atoms with van der Waals surface area (Å²) in [7, 11) is 0. The third kappa shape index (κ3) is 3.23. The number of nitrogens with one attached hydrogen (secondary N) is 1. The maximum atomic E-state index is 12.0. The molecule has 0 saturated carbocycles. The van der Waals surface area contributed by atoms with E-state index in [9.17, 15) is 9.59 Å². The normalized spacial score (nSPS) is 10.2. The lowest BCUT2D eigenvalue weighted by Crippen LogP contribution is -2.20. The SMILES string of the molecule is CCCn1cc(NC(=O)c2ccc(N)cn2)ccc1=O. The molecule has 1 amide bonds. The van der Waals surface area contributed by atoms with Gasteiger partial charge in [-0.3, -0.25) is 9.59 Å². The second-order valence-corrected chi connectivity index (χ2v) is 4.38. The van der Waals surface area contributed by atoms with Crippen LogP contribution in [0.5, 0.6) is 0 Å². The molecule has 2 aromatic rings. The molecule has 0 bridgehead atoms. The van der Waals surface area contributed by atoms with Gasteiger partial charge in [-0.2, -0.15) is 0 Å². The largest absolute Gasteiger partial charge is 0.397 e. The topological polar surface area (TPSA) is 90.0 Å². The Balaban J connectivity index is 2.17. The first-order valence-corrected chi connectivity index (χ1v) is 6.33. The van der Waals surface area contributed by atoms with Gasteiger partial charge in [-0.25, -0.2) is 4.98 Å². The molecule has 6 heteroatoms. The Morgan fingerprint density at radius 1 is 1.35 bits per heavy atom.